The molecule has 57 heavy (non-hydrogen) atoms. The number of quaternary nitrogens is 1. The molecule has 0 aliphatic heterocycles. The van der Waals surface area contributed by atoms with Gasteiger partial charge in [0, 0.05) is 6.42 Å². The Hall–Kier alpha value is -1.02. The molecule has 0 saturated heterocycles. The van der Waals surface area contributed by atoms with Crippen LogP contribution in [0.15, 0.2) is 24.3 Å². The lowest BCUT2D eigenvalue weighted by Gasteiger charge is -2.25. The van der Waals surface area contributed by atoms with E-state index in [1.54, 1.807) is 6.08 Å². The molecule has 0 rings (SSSR count). The Morgan fingerprint density at radius 2 is 0.947 bits per heavy atom. The number of likely N-dealkylation sites (N-methyl/N-ethyl adjacent to an activating group) is 1. The van der Waals surface area contributed by atoms with Crippen molar-refractivity contribution in [1.82, 2.24) is 5.32 Å². The molecule has 0 bridgehead atoms. The number of amides is 1. The van der Waals surface area contributed by atoms with Gasteiger partial charge >= 0.3 is 7.82 Å². The fourth-order valence-electron chi connectivity index (χ4n) is 7.04. The summed E-state index contributed by atoms with van der Waals surface area (Å²) in [5.74, 6) is -0.176. The van der Waals surface area contributed by atoms with Crippen molar-refractivity contribution in [3.63, 3.8) is 0 Å². The van der Waals surface area contributed by atoms with E-state index in [2.05, 4.69) is 31.3 Å². The first-order chi connectivity index (χ1) is 27.5. The number of aliphatic hydroxyl groups is 1. The van der Waals surface area contributed by atoms with Gasteiger partial charge in [-0.05, 0) is 44.9 Å². The first-order valence-corrected chi connectivity index (χ1v) is 25.7. The number of hydrogen-bond acceptors (Lipinski definition) is 5. The molecule has 0 saturated carbocycles. The smallest absolute Gasteiger partial charge is 0.387 e. The Balaban J connectivity index is 4.23. The Morgan fingerprint density at radius 3 is 1.35 bits per heavy atom. The summed E-state index contributed by atoms with van der Waals surface area (Å²) in [4.78, 5) is 23.1. The second kappa shape index (κ2) is 40.4. The number of aliphatic hydroxyl groups excluding tert-OH is 1. The molecule has 0 aromatic carbocycles. The molecule has 0 radical (unpaired) electrons. The first-order valence-electron chi connectivity index (χ1n) is 24.2. The van der Waals surface area contributed by atoms with E-state index in [0.717, 1.165) is 38.5 Å². The molecule has 0 aliphatic carbocycles. The quantitative estimate of drug-likeness (QED) is 0.0244. The molecule has 338 valence electrons. The molecular weight excluding hydrogens is 732 g/mol. The molecule has 8 nitrogen and oxygen atoms in total. The highest BCUT2D eigenvalue weighted by Gasteiger charge is 2.27. The molecule has 3 N–H and O–H groups in total. The summed E-state index contributed by atoms with van der Waals surface area (Å²) in [5.41, 5.74) is 0. The van der Waals surface area contributed by atoms with Gasteiger partial charge in [0.1, 0.15) is 13.2 Å². The summed E-state index contributed by atoms with van der Waals surface area (Å²) in [6, 6.07) is -0.842. The van der Waals surface area contributed by atoms with Gasteiger partial charge in [0.15, 0.2) is 0 Å². The summed E-state index contributed by atoms with van der Waals surface area (Å²) in [5, 5.41) is 13.8. The van der Waals surface area contributed by atoms with E-state index >= 15 is 0 Å². The van der Waals surface area contributed by atoms with E-state index in [4.69, 9.17) is 9.05 Å². The second-order valence-electron chi connectivity index (χ2n) is 17.8. The number of allylic oxidation sites excluding steroid dienone is 3. The number of nitrogens with one attached hydrogen (secondary N) is 1. The highest BCUT2D eigenvalue weighted by atomic mass is 31.2. The van der Waals surface area contributed by atoms with Gasteiger partial charge in [0.25, 0.3) is 0 Å². The number of unbranched alkanes of at least 4 members (excludes halogenated alkanes) is 29. The molecule has 1 amide bonds. The summed E-state index contributed by atoms with van der Waals surface area (Å²) in [6.45, 7) is 4.81. The minimum Gasteiger partial charge on any atom is -0.387 e. The maximum absolute atomic E-state index is 12.9. The van der Waals surface area contributed by atoms with E-state index < -0.39 is 20.0 Å². The van der Waals surface area contributed by atoms with Crippen molar-refractivity contribution in [1.29, 1.82) is 0 Å². The number of nitrogens with zero attached hydrogens (tertiary/aromatic N) is 1. The highest BCUT2D eigenvalue weighted by Crippen LogP contribution is 2.43. The van der Waals surface area contributed by atoms with Crippen LogP contribution in [0.3, 0.4) is 0 Å². The summed E-state index contributed by atoms with van der Waals surface area (Å²) in [6.07, 6.45) is 48.2. The van der Waals surface area contributed by atoms with Crippen LogP contribution in [0.2, 0.25) is 0 Å². The molecule has 1 unspecified atom stereocenters. The largest absolute Gasteiger partial charge is 0.472 e. The van der Waals surface area contributed by atoms with Gasteiger partial charge in [-0.2, -0.15) is 0 Å². The second-order valence-corrected chi connectivity index (χ2v) is 19.3. The van der Waals surface area contributed by atoms with Crippen LogP contribution in [-0.4, -0.2) is 73.4 Å². The fourth-order valence-corrected chi connectivity index (χ4v) is 7.77. The fraction of sp³-hybridized carbons (Fsp3) is 0.896. The molecule has 0 fully saturated rings. The molecular formula is C48H96N2O6P+. The van der Waals surface area contributed by atoms with E-state index in [1.807, 2.05) is 27.2 Å². The average Bonchev–Trinajstić information content (AvgIpc) is 3.16. The van der Waals surface area contributed by atoms with Crippen molar-refractivity contribution in [2.45, 2.75) is 238 Å². The van der Waals surface area contributed by atoms with Crippen molar-refractivity contribution in [2.24, 2.45) is 0 Å². The van der Waals surface area contributed by atoms with Gasteiger partial charge in [-0.1, -0.05) is 199 Å². The van der Waals surface area contributed by atoms with Crippen LogP contribution >= 0.6 is 7.82 Å². The zero-order valence-corrected chi connectivity index (χ0v) is 39.2. The minimum atomic E-state index is -4.33. The number of carbonyl (C=O) groups is 1. The predicted octanol–water partition coefficient (Wildman–Crippen LogP) is 13.7. The van der Waals surface area contributed by atoms with E-state index in [1.165, 1.54) is 167 Å². The molecule has 0 aromatic rings. The summed E-state index contributed by atoms with van der Waals surface area (Å²) >= 11 is 0. The van der Waals surface area contributed by atoms with Gasteiger partial charge < -0.3 is 19.8 Å². The molecule has 0 heterocycles. The Bertz CT molecular complexity index is 984. The summed E-state index contributed by atoms with van der Waals surface area (Å²) in [7, 11) is 1.58. The summed E-state index contributed by atoms with van der Waals surface area (Å²) < 4.78 is 23.6. The predicted molar refractivity (Wildman–Crippen MR) is 245 cm³/mol. The number of hydrogen-bond donors (Lipinski definition) is 3. The van der Waals surface area contributed by atoms with Crippen molar-refractivity contribution in [3.8, 4) is 0 Å². The number of phosphoric ester groups is 1. The van der Waals surface area contributed by atoms with Crippen molar-refractivity contribution in [3.05, 3.63) is 24.3 Å². The standard InChI is InChI=1S/C48H95N2O6P/c1-6-8-10-12-14-16-18-20-21-22-23-24-25-26-27-28-29-30-32-34-36-38-40-42-48(52)49-46(45-56-57(53,54)55-44-43-50(3,4)5)47(51)41-39-37-35-33-31-19-17-15-13-11-9-7-2/h20-21,39,41,46-47,51H,6-19,22-38,40,42-45H2,1-5H3,(H-,49,52,53,54)/p+1/b21-20-,41-39+/t46-,47+/m0/s1. The van der Waals surface area contributed by atoms with E-state index in [0.29, 0.717) is 17.4 Å². The Kier molecular flexibility index (Phi) is 39.7. The van der Waals surface area contributed by atoms with Crippen molar-refractivity contribution >= 4 is 13.7 Å². The molecule has 0 aromatic heterocycles. The normalized spacial score (nSPS) is 14.4. The Morgan fingerprint density at radius 1 is 0.579 bits per heavy atom. The van der Waals surface area contributed by atoms with Gasteiger partial charge in [-0.15, -0.1) is 0 Å². The minimum absolute atomic E-state index is 0.0630. The van der Waals surface area contributed by atoms with Gasteiger partial charge in [-0.3, -0.25) is 13.8 Å². The number of rotatable bonds is 44. The topological polar surface area (TPSA) is 105 Å². The van der Waals surface area contributed by atoms with Crippen LogP contribution in [0.5, 0.6) is 0 Å². The SMILES string of the molecule is CCCCCCCC/C=C\CCCCCCCCCCCCCCCC(=O)N[C@@H](COP(=O)(O)OCC[N+](C)(C)C)[C@H](O)/C=C/CCCCCCCCCCCC. The van der Waals surface area contributed by atoms with Crippen LogP contribution in [0.25, 0.3) is 0 Å². The zero-order valence-electron chi connectivity index (χ0n) is 38.3. The third-order valence-electron chi connectivity index (χ3n) is 10.9. The van der Waals surface area contributed by atoms with Crippen LogP contribution in [0.4, 0.5) is 0 Å². The van der Waals surface area contributed by atoms with Gasteiger partial charge in [-0.25, -0.2) is 4.57 Å². The van der Waals surface area contributed by atoms with Crippen LogP contribution < -0.4 is 5.32 Å². The van der Waals surface area contributed by atoms with Crippen LogP contribution in [0, 0.1) is 0 Å². The molecule has 0 aliphatic rings. The number of carbonyl (C=O) groups excluding carboxylic acids is 1. The third-order valence-corrected chi connectivity index (χ3v) is 11.9. The lowest BCUT2D eigenvalue weighted by atomic mass is 10.0. The lowest BCUT2D eigenvalue weighted by molar-refractivity contribution is -0.870. The van der Waals surface area contributed by atoms with Crippen LogP contribution in [-0.2, 0) is 18.4 Å². The maximum atomic E-state index is 12.9. The van der Waals surface area contributed by atoms with Gasteiger partial charge in [0.05, 0.1) is 39.9 Å². The Labute approximate surface area is 354 Å². The van der Waals surface area contributed by atoms with E-state index in [-0.39, 0.29) is 19.1 Å². The van der Waals surface area contributed by atoms with E-state index in [9.17, 15) is 19.4 Å². The average molecular weight is 828 g/mol. The highest BCUT2D eigenvalue weighted by molar-refractivity contribution is 7.47. The zero-order chi connectivity index (χ0) is 42.1. The molecule has 9 heteroatoms. The third kappa shape index (κ3) is 42.9. The maximum Gasteiger partial charge on any atom is 0.472 e. The van der Waals surface area contributed by atoms with Crippen LogP contribution in [0.1, 0.15) is 226 Å². The monoisotopic (exact) mass is 828 g/mol. The van der Waals surface area contributed by atoms with Crippen molar-refractivity contribution in [2.75, 3.05) is 40.9 Å². The number of phosphoric acid groups is 1. The molecule has 0 spiro atoms. The first kappa shape index (κ1) is 56.0. The van der Waals surface area contributed by atoms with Gasteiger partial charge in [0.2, 0.25) is 5.91 Å². The molecule has 3 atom stereocenters. The lowest BCUT2D eigenvalue weighted by Crippen LogP contribution is -2.45. The van der Waals surface area contributed by atoms with Crippen molar-refractivity contribution < 1.29 is 32.9 Å².